The quantitative estimate of drug-likeness (QED) is 0.480. The lowest BCUT2D eigenvalue weighted by molar-refractivity contribution is -0.105. The second-order valence-electron chi connectivity index (χ2n) is 6.73. The zero-order valence-electron chi connectivity index (χ0n) is 17.4. The number of fused-ring (bicyclic) bond motifs is 1. The summed E-state index contributed by atoms with van der Waals surface area (Å²) in [6.07, 6.45) is 0.659. The number of carbonyl (C=O) groups excluding carboxylic acids is 1. The van der Waals surface area contributed by atoms with Gasteiger partial charge >= 0.3 is 0 Å². The van der Waals surface area contributed by atoms with Gasteiger partial charge in [-0.1, -0.05) is 31.3 Å². The minimum Gasteiger partial charge on any atom is -0.371 e. The molecule has 8 heteroatoms. The molecule has 0 saturated carbocycles. The molecule has 3 rings (SSSR count). The second kappa shape index (κ2) is 9.95. The number of aliphatic imine (C=N–C) groups is 1. The summed E-state index contributed by atoms with van der Waals surface area (Å²) < 4.78 is 12.6. The van der Waals surface area contributed by atoms with Gasteiger partial charge in [0.25, 0.3) is 0 Å². The van der Waals surface area contributed by atoms with Crippen molar-refractivity contribution >= 4 is 57.2 Å². The van der Waals surface area contributed by atoms with Crippen molar-refractivity contribution in [2.45, 2.75) is 25.7 Å². The van der Waals surface area contributed by atoms with Crippen molar-refractivity contribution in [3.63, 3.8) is 0 Å². The fraction of sp³-hybridized carbons (Fsp3) is 0.318. The number of hydrogen-bond acceptors (Lipinski definition) is 5. The largest absolute Gasteiger partial charge is 0.371 e. The third kappa shape index (κ3) is 4.60. The smallest absolute Gasteiger partial charge is 0.211 e. The summed E-state index contributed by atoms with van der Waals surface area (Å²) in [7, 11) is -1.10. The summed E-state index contributed by atoms with van der Waals surface area (Å²) in [6.45, 7) is 8.06. The number of nitrogens with zero attached hydrogens (tertiary/aromatic N) is 2. The lowest BCUT2D eigenvalue weighted by Gasteiger charge is -2.27. The number of carbonyl (C=O) groups is 1. The molecule has 2 N–H and O–H groups in total. The van der Waals surface area contributed by atoms with Gasteiger partial charge in [0.15, 0.2) is 0 Å². The number of hydrogen-bond donors (Lipinski definition) is 2. The predicted molar refractivity (Wildman–Crippen MR) is 130 cm³/mol. The van der Waals surface area contributed by atoms with Gasteiger partial charge in [-0.25, -0.2) is 0 Å². The van der Waals surface area contributed by atoms with Crippen LogP contribution in [0.15, 0.2) is 46.3 Å². The van der Waals surface area contributed by atoms with Crippen LogP contribution >= 0.6 is 12.2 Å². The third-order valence-corrected chi connectivity index (χ3v) is 6.49. The number of nitrogens with one attached hydrogen (secondary N) is 2. The molecule has 1 atom stereocenters. The van der Waals surface area contributed by atoms with Gasteiger partial charge < -0.3 is 15.5 Å². The van der Waals surface area contributed by atoms with Gasteiger partial charge in [-0.3, -0.25) is 14.0 Å². The maximum absolute atomic E-state index is 12.6. The van der Waals surface area contributed by atoms with Crippen molar-refractivity contribution in [1.29, 1.82) is 0 Å². The molecular formula is C22H26N4O2S2. The van der Waals surface area contributed by atoms with Crippen LogP contribution in [0, 0.1) is 0 Å². The molecule has 2 aromatic carbocycles. The molecular weight excluding hydrogens is 416 g/mol. The second-order valence-corrected chi connectivity index (χ2v) is 8.96. The molecule has 2 aromatic rings. The Morgan fingerprint density at radius 1 is 1.23 bits per heavy atom. The van der Waals surface area contributed by atoms with Crippen molar-refractivity contribution < 1.29 is 9.00 Å². The minimum atomic E-state index is -1.10. The zero-order valence-corrected chi connectivity index (χ0v) is 19.0. The summed E-state index contributed by atoms with van der Waals surface area (Å²) in [4.78, 5) is 19.3. The molecule has 1 heterocycles. The Morgan fingerprint density at radius 2 is 2.00 bits per heavy atom. The number of thiocarbonyl (C=S) groups is 1. The van der Waals surface area contributed by atoms with E-state index in [0.29, 0.717) is 29.4 Å². The normalized spacial score (nSPS) is 14.1. The Morgan fingerprint density at radius 3 is 2.67 bits per heavy atom. The number of rotatable bonds is 8. The molecule has 0 saturated heterocycles. The molecule has 1 amide bonds. The first-order chi connectivity index (χ1) is 14.5. The van der Waals surface area contributed by atoms with Crippen LogP contribution in [0.25, 0.3) is 0 Å². The minimum absolute atomic E-state index is 0.356. The van der Waals surface area contributed by atoms with Gasteiger partial charge in [0.05, 0.1) is 28.7 Å². The summed E-state index contributed by atoms with van der Waals surface area (Å²) >= 11 is 5.48. The number of amides is 1. The maximum atomic E-state index is 12.6. The third-order valence-electron chi connectivity index (χ3n) is 4.97. The van der Waals surface area contributed by atoms with E-state index in [4.69, 9.17) is 17.2 Å². The molecule has 0 aliphatic carbocycles. The number of benzodiazepines with no additional fused rings is 1. The first-order valence-corrected chi connectivity index (χ1v) is 11.7. The topological polar surface area (TPSA) is 73.8 Å². The van der Waals surface area contributed by atoms with E-state index in [9.17, 15) is 9.00 Å². The summed E-state index contributed by atoms with van der Waals surface area (Å²) in [5, 5.41) is 6.01. The SMILES string of the molecule is CCN(CC)c1cc(S(=O)CC)cc2c1C(c1cccc(NC=O)c1)=NCC(=S)N2. The Labute approximate surface area is 185 Å². The van der Waals surface area contributed by atoms with Gasteiger partial charge in [0, 0.05) is 46.2 Å². The number of benzene rings is 2. The van der Waals surface area contributed by atoms with E-state index in [1.54, 1.807) is 0 Å². The van der Waals surface area contributed by atoms with E-state index < -0.39 is 10.8 Å². The van der Waals surface area contributed by atoms with Crippen molar-refractivity contribution in [3.05, 3.63) is 47.5 Å². The molecule has 0 radical (unpaired) electrons. The highest BCUT2D eigenvalue weighted by Crippen LogP contribution is 2.35. The highest BCUT2D eigenvalue weighted by molar-refractivity contribution is 7.85. The van der Waals surface area contributed by atoms with Crippen LogP contribution in [0.3, 0.4) is 0 Å². The molecule has 0 fully saturated rings. The highest BCUT2D eigenvalue weighted by atomic mass is 32.2. The van der Waals surface area contributed by atoms with Crippen LogP contribution in [-0.4, -0.2) is 46.7 Å². The average molecular weight is 443 g/mol. The summed E-state index contributed by atoms with van der Waals surface area (Å²) in [5.74, 6) is 0.543. The van der Waals surface area contributed by atoms with E-state index in [1.807, 2.05) is 43.3 Å². The zero-order chi connectivity index (χ0) is 21.7. The van der Waals surface area contributed by atoms with E-state index in [1.165, 1.54) is 0 Å². The van der Waals surface area contributed by atoms with Crippen LogP contribution in [-0.2, 0) is 15.6 Å². The first-order valence-electron chi connectivity index (χ1n) is 9.98. The fourth-order valence-electron chi connectivity index (χ4n) is 3.54. The lowest BCUT2D eigenvalue weighted by atomic mass is 9.97. The van der Waals surface area contributed by atoms with E-state index in [-0.39, 0.29) is 0 Å². The molecule has 0 bridgehead atoms. The maximum Gasteiger partial charge on any atom is 0.211 e. The van der Waals surface area contributed by atoms with Crippen LogP contribution < -0.4 is 15.5 Å². The first kappa shape index (κ1) is 22.1. The molecule has 158 valence electrons. The summed E-state index contributed by atoms with van der Waals surface area (Å²) in [5.41, 5.74) is 5.08. The van der Waals surface area contributed by atoms with Crippen LogP contribution in [0.5, 0.6) is 0 Å². The molecule has 1 unspecified atom stereocenters. The standard InChI is InChI=1S/C22H26N4O2S2/c1-4-26(5-2)19-12-17(30(28)6-3)11-18-21(19)22(23-13-20(29)25-18)15-8-7-9-16(10-15)24-14-27/h7-12,14H,4-6,13H2,1-3H3,(H,24,27)(H,25,29). The Bertz CT molecular complexity index is 1020. The number of anilines is 3. The van der Waals surface area contributed by atoms with Crippen LogP contribution in [0.4, 0.5) is 17.1 Å². The predicted octanol–water partition coefficient (Wildman–Crippen LogP) is 3.82. The lowest BCUT2D eigenvalue weighted by Crippen LogP contribution is -2.25. The van der Waals surface area contributed by atoms with E-state index in [0.717, 1.165) is 46.2 Å². The van der Waals surface area contributed by atoms with E-state index in [2.05, 4.69) is 29.4 Å². The molecule has 0 spiro atoms. The molecule has 30 heavy (non-hydrogen) atoms. The highest BCUT2D eigenvalue weighted by Gasteiger charge is 2.24. The molecule has 1 aliphatic rings. The van der Waals surface area contributed by atoms with Gasteiger partial charge in [-0.15, -0.1) is 0 Å². The molecule has 1 aliphatic heterocycles. The van der Waals surface area contributed by atoms with Gasteiger partial charge in [-0.2, -0.15) is 0 Å². The van der Waals surface area contributed by atoms with Gasteiger partial charge in [0.2, 0.25) is 6.41 Å². The van der Waals surface area contributed by atoms with Crippen molar-refractivity contribution in [1.82, 2.24) is 0 Å². The van der Waals surface area contributed by atoms with Crippen molar-refractivity contribution in [2.75, 3.05) is 40.9 Å². The summed E-state index contributed by atoms with van der Waals surface area (Å²) in [6, 6.07) is 11.5. The monoisotopic (exact) mass is 442 g/mol. The van der Waals surface area contributed by atoms with Crippen molar-refractivity contribution in [3.8, 4) is 0 Å². The van der Waals surface area contributed by atoms with Gasteiger partial charge in [0.1, 0.15) is 4.99 Å². The van der Waals surface area contributed by atoms with Crippen molar-refractivity contribution in [2.24, 2.45) is 4.99 Å². The Hall–Kier alpha value is -2.58. The molecule has 6 nitrogen and oxygen atoms in total. The van der Waals surface area contributed by atoms with Crippen LogP contribution in [0.2, 0.25) is 0 Å². The van der Waals surface area contributed by atoms with Crippen LogP contribution in [0.1, 0.15) is 31.9 Å². The average Bonchev–Trinajstić information content (AvgIpc) is 2.92. The van der Waals surface area contributed by atoms with E-state index >= 15 is 0 Å². The Balaban J connectivity index is 2.29. The fourth-order valence-corrected chi connectivity index (χ4v) is 4.54. The van der Waals surface area contributed by atoms with Gasteiger partial charge in [-0.05, 0) is 38.1 Å². The Kier molecular flexibility index (Phi) is 7.33. The molecule has 0 aromatic heterocycles.